The van der Waals surface area contributed by atoms with Crippen LogP contribution in [0.5, 0.6) is 11.5 Å². The molecule has 0 bridgehead atoms. The van der Waals surface area contributed by atoms with Crippen molar-refractivity contribution in [1.82, 2.24) is 14.8 Å². The zero-order valence-corrected chi connectivity index (χ0v) is 17.4. The quantitative estimate of drug-likeness (QED) is 0.319. The van der Waals surface area contributed by atoms with Crippen molar-refractivity contribution in [2.75, 3.05) is 7.11 Å². The summed E-state index contributed by atoms with van der Waals surface area (Å²) in [5.74, 6) is 2.63. The molecule has 4 aromatic rings. The molecule has 0 aliphatic heterocycles. The second-order valence-electron chi connectivity index (χ2n) is 6.48. The predicted molar refractivity (Wildman–Crippen MR) is 112 cm³/mol. The number of hydrogen-bond donors (Lipinski definition) is 0. The van der Waals surface area contributed by atoms with E-state index in [1.165, 1.54) is 17.8 Å². The van der Waals surface area contributed by atoms with Crippen LogP contribution in [0.4, 0.5) is 8.78 Å². The van der Waals surface area contributed by atoms with Gasteiger partial charge in [-0.05, 0) is 30.3 Å². The topological polar surface area (TPSA) is 62.3 Å². The highest BCUT2D eigenvalue weighted by molar-refractivity contribution is 7.98. The van der Waals surface area contributed by atoms with Gasteiger partial charge in [-0.3, -0.25) is 4.57 Å². The van der Waals surface area contributed by atoms with Gasteiger partial charge in [-0.15, -0.1) is 10.2 Å². The maximum absolute atomic E-state index is 12.7. The third-order valence-corrected chi connectivity index (χ3v) is 5.50. The Morgan fingerprint density at radius 3 is 2.71 bits per heavy atom. The zero-order chi connectivity index (χ0) is 21.6. The molecule has 2 aromatic heterocycles. The minimum atomic E-state index is -2.88. The monoisotopic (exact) mass is 443 g/mol. The molecule has 0 N–H and O–H groups in total. The summed E-state index contributed by atoms with van der Waals surface area (Å²) in [4.78, 5) is 0. The summed E-state index contributed by atoms with van der Waals surface area (Å²) >= 11 is 1.38. The van der Waals surface area contributed by atoms with Gasteiger partial charge in [0, 0.05) is 16.9 Å². The Balaban J connectivity index is 1.64. The minimum Gasteiger partial charge on any atom is -0.497 e. The van der Waals surface area contributed by atoms with E-state index >= 15 is 0 Å². The summed E-state index contributed by atoms with van der Waals surface area (Å²) in [5, 5.41) is 9.33. The molecule has 0 radical (unpaired) electrons. The number of rotatable bonds is 9. The highest BCUT2D eigenvalue weighted by Crippen LogP contribution is 2.31. The molecule has 0 atom stereocenters. The van der Waals surface area contributed by atoms with Gasteiger partial charge in [0.05, 0.1) is 19.9 Å². The van der Waals surface area contributed by atoms with E-state index in [0.29, 0.717) is 34.6 Å². The molecule has 4 rings (SSSR count). The van der Waals surface area contributed by atoms with Crippen molar-refractivity contribution < 1.29 is 22.7 Å². The van der Waals surface area contributed by atoms with Crippen LogP contribution in [0.3, 0.4) is 0 Å². The third kappa shape index (κ3) is 5.05. The zero-order valence-electron chi connectivity index (χ0n) is 16.6. The first-order chi connectivity index (χ1) is 15.1. The molecule has 6 nitrogen and oxygen atoms in total. The Kier molecular flexibility index (Phi) is 6.51. The number of methoxy groups -OCH3 is 1. The number of ether oxygens (including phenoxy) is 2. The maximum Gasteiger partial charge on any atom is 0.387 e. The smallest absolute Gasteiger partial charge is 0.387 e. The lowest BCUT2D eigenvalue weighted by molar-refractivity contribution is -0.0503. The van der Waals surface area contributed by atoms with Crippen molar-refractivity contribution in [3.8, 4) is 22.9 Å². The fourth-order valence-electron chi connectivity index (χ4n) is 3.05. The Morgan fingerprint density at radius 1 is 1.06 bits per heavy atom. The van der Waals surface area contributed by atoms with Crippen LogP contribution in [0.15, 0.2) is 76.5 Å². The van der Waals surface area contributed by atoms with Crippen LogP contribution >= 0.6 is 11.8 Å². The first-order valence-corrected chi connectivity index (χ1v) is 10.4. The van der Waals surface area contributed by atoms with Gasteiger partial charge in [0.15, 0.2) is 11.0 Å². The molecule has 31 heavy (non-hydrogen) atoms. The van der Waals surface area contributed by atoms with Gasteiger partial charge < -0.3 is 13.9 Å². The number of alkyl halides is 2. The van der Waals surface area contributed by atoms with Crippen LogP contribution in [0.2, 0.25) is 0 Å². The van der Waals surface area contributed by atoms with Crippen LogP contribution in [0.25, 0.3) is 11.4 Å². The van der Waals surface area contributed by atoms with Gasteiger partial charge in [-0.25, -0.2) is 0 Å². The summed E-state index contributed by atoms with van der Waals surface area (Å²) in [7, 11) is 1.60. The molecule has 0 fully saturated rings. The predicted octanol–water partition coefficient (Wildman–Crippen LogP) is 5.49. The van der Waals surface area contributed by atoms with Crippen LogP contribution < -0.4 is 9.47 Å². The first-order valence-electron chi connectivity index (χ1n) is 9.39. The van der Waals surface area contributed by atoms with E-state index in [-0.39, 0.29) is 5.75 Å². The van der Waals surface area contributed by atoms with Gasteiger partial charge in [0.1, 0.15) is 17.3 Å². The molecular weight excluding hydrogens is 424 g/mol. The summed E-state index contributed by atoms with van der Waals surface area (Å²) in [6.07, 6.45) is 1.61. The molecule has 0 aliphatic rings. The molecule has 0 saturated carbocycles. The normalized spacial score (nSPS) is 11.1. The molecule has 9 heteroatoms. The van der Waals surface area contributed by atoms with Crippen molar-refractivity contribution in [1.29, 1.82) is 0 Å². The third-order valence-electron chi connectivity index (χ3n) is 4.48. The number of aromatic nitrogens is 3. The van der Waals surface area contributed by atoms with E-state index in [1.807, 2.05) is 41.0 Å². The van der Waals surface area contributed by atoms with Crippen LogP contribution in [0.1, 0.15) is 11.3 Å². The standard InChI is InChI=1S/C22H19F2N3O3S/c1-28-17-8-4-7-15(12-17)20-25-26-22(27(20)13-18-9-5-11-29-18)31-14-16-6-2-3-10-19(16)30-21(23)24/h2-12,21H,13-14H2,1H3. The number of hydrogen-bond acceptors (Lipinski definition) is 6. The van der Waals surface area contributed by atoms with E-state index in [4.69, 9.17) is 9.15 Å². The van der Waals surface area contributed by atoms with Crippen molar-refractivity contribution in [3.05, 3.63) is 78.3 Å². The van der Waals surface area contributed by atoms with Crippen LogP contribution in [-0.4, -0.2) is 28.5 Å². The fraction of sp³-hybridized carbons (Fsp3) is 0.182. The molecule has 0 unspecified atom stereocenters. The van der Waals surface area contributed by atoms with Gasteiger partial charge in [0.25, 0.3) is 0 Å². The first kappa shape index (κ1) is 20.9. The molecular formula is C22H19F2N3O3S. The second kappa shape index (κ2) is 9.65. The van der Waals surface area contributed by atoms with E-state index in [2.05, 4.69) is 14.9 Å². The largest absolute Gasteiger partial charge is 0.497 e. The fourth-order valence-corrected chi connectivity index (χ4v) is 3.98. The number of benzene rings is 2. The number of para-hydroxylation sites is 1. The Hall–Kier alpha value is -3.33. The second-order valence-corrected chi connectivity index (χ2v) is 7.42. The van der Waals surface area contributed by atoms with Crippen LogP contribution in [0, 0.1) is 0 Å². The summed E-state index contributed by atoms with van der Waals surface area (Å²) in [5.41, 5.74) is 1.48. The molecule has 0 saturated heterocycles. The van der Waals surface area contributed by atoms with Gasteiger partial charge >= 0.3 is 6.61 Å². The van der Waals surface area contributed by atoms with Crippen LogP contribution in [-0.2, 0) is 12.3 Å². The summed E-state index contributed by atoms with van der Waals surface area (Å²) < 4.78 is 42.8. The molecule has 160 valence electrons. The van der Waals surface area contributed by atoms with E-state index in [0.717, 1.165) is 11.3 Å². The van der Waals surface area contributed by atoms with Crippen molar-refractivity contribution in [2.24, 2.45) is 0 Å². The SMILES string of the molecule is COc1cccc(-c2nnc(SCc3ccccc3OC(F)F)n2Cc2ccco2)c1. The van der Waals surface area contributed by atoms with Crippen molar-refractivity contribution in [2.45, 2.75) is 24.1 Å². The van der Waals surface area contributed by atoms with Crippen molar-refractivity contribution in [3.63, 3.8) is 0 Å². The summed E-state index contributed by atoms with van der Waals surface area (Å²) in [6, 6.07) is 17.9. The van der Waals surface area contributed by atoms with Gasteiger partial charge in [0.2, 0.25) is 0 Å². The Bertz CT molecular complexity index is 1130. The van der Waals surface area contributed by atoms with Gasteiger partial charge in [-0.2, -0.15) is 8.78 Å². The molecule has 2 aromatic carbocycles. The highest BCUT2D eigenvalue weighted by Gasteiger charge is 2.18. The lowest BCUT2D eigenvalue weighted by Crippen LogP contribution is -2.05. The minimum absolute atomic E-state index is 0.148. The average Bonchev–Trinajstić information content (AvgIpc) is 3.43. The number of thioether (sulfide) groups is 1. The number of halogens is 2. The van der Waals surface area contributed by atoms with E-state index in [9.17, 15) is 8.78 Å². The molecule has 0 aliphatic carbocycles. The number of nitrogens with zero attached hydrogens (tertiary/aromatic N) is 3. The Labute approximate surface area is 181 Å². The van der Waals surface area contributed by atoms with E-state index < -0.39 is 6.61 Å². The highest BCUT2D eigenvalue weighted by atomic mass is 32.2. The summed E-state index contributed by atoms with van der Waals surface area (Å²) in [6.45, 7) is -2.46. The molecule has 2 heterocycles. The van der Waals surface area contributed by atoms with Crippen molar-refractivity contribution >= 4 is 11.8 Å². The Morgan fingerprint density at radius 2 is 1.94 bits per heavy atom. The number of furan rings is 1. The average molecular weight is 443 g/mol. The molecule has 0 spiro atoms. The lowest BCUT2D eigenvalue weighted by Gasteiger charge is -2.12. The lowest BCUT2D eigenvalue weighted by atomic mass is 10.2. The maximum atomic E-state index is 12.7. The molecule has 0 amide bonds. The van der Waals surface area contributed by atoms with E-state index in [1.54, 1.807) is 31.6 Å². The van der Waals surface area contributed by atoms with Gasteiger partial charge in [-0.1, -0.05) is 42.1 Å².